The first-order valence-electron chi connectivity index (χ1n) is 7.40. The summed E-state index contributed by atoms with van der Waals surface area (Å²) >= 11 is 0. The van der Waals surface area contributed by atoms with Gasteiger partial charge in [0, 0.05) is 18.3 Å². The van der Waals surface area contributed by atoms with Crippen LogP contribution in [0.1, 0.15) is 55.6 Å². The zero-order chi connectivity index (χ0) is 15.2. The number of carboxylic acids is 1. The lowest BCUT2D eigenvalue weighted by molar-refractivity contribution is 0.0685. The number of aromatic carboxylic acids is 1. The van der Waals surface area contributed by atoms with E-state index in [0.29, 0.717) is 5.92 Å². The first kappa shape index (κ1) is 14.6. The fourth-order valence-corrected chi connectivity index (χ4v) is 4.12. The minimum Gasteiger partial charge on any atom is -0.477 e. The lowest BCUT2D eigenvalue weighted by Crippen LogP contribution is -2.26. The van der Waals surface area contributed by atoms with Crippen LogP contribution in [0.5, 0.6) is 0 Å². The van der Waals surface area contributed by atoms with Crippen LogP contribution in [0.4, 0.5) is 0 Å². The first-order valence-corrected chi connectivity index (χ1v) is 8.88. The topological polar surface area (TPSA) is 88.4 Å². The summed E-state index contributed by atoms with van der Waals surface area (Å²) < 4.78 is 29.0. The molecule has 2 N–H and O–H groups in total. The number of aromatic nitrogens is 1. The Kier molecular flexibility index (Phi) is 3.57. The highest BCUT2D eigenvalue weighted by Gasteiger charge is 2.40. The van der Waals surface area contributed by atoms with Crippen molar-refractivity contribution in [3.63, 3.8) is 0 Å². The number of hydrogen-bond acceptors (Lipinski definition) is 3. The number of carboxylic acid groups (broad SMARTS) is 1. The molecule has 2 unspecified atom stereocenters. The summed E-state index contributed by atoms with van der Waals surface area (Å²) in [5.74, 6) is -0.659. The standard InChI is InChI=1S/C14H20N2O4S/c1-2-3-9-6-12(9)15-21(19,20)11-7-13(14(17)18)16(8-11)10-4-5-10/h7-10,12,15H,2-6H2,1H3,(H,17,18). The van der Waals surface area contributed by atoms with Gasteiger partial charge < -0.3 is 9.67 Å². The van der Waals surface area contributed by atoms with Gasteiger partial charge in [-0.3, -0.25) is 0 Å². The molecule has 116 valence electrons. The summed E-state index contributed by atoms with van der Waals surface area (Å²) in [6, 6.07) is 1.40. The molecular formula is C14H20N2O4S. The molecule has 0 bridgehead atoms. The van der Waals surface area contributed by atoms with Gasteiger partial charge in [0.05, 0.1) is 0 Å². The largest absolute Gasteiger partial charge is 0.477 e. The minimum atomic E-state index is -3.62. The highest BCUT2D eigenvalue weighted by atomic mass is 32.2. The molecule has 1 aromatic rings. The van der Waals surface area contributed by atoms with Crippen molar-refractivity contribution in [1.82, 2.24) is 9.29 Å². The molecule has 2 aliphatic rings. The molecule has 2 saturated carbocycles. The predicted molar refractivity (Wildman–Crippen MR) is 76.8 cm³/mol. The van der Waals surface area contributed by atoms with E-state index in [4.69, 9.17) is 0 Å². The number of rotatable bonds is 7. The first-order chi connectivity index (χ1) is 9.92. The second-order valence-electron chi connectivity index (χ2n) is 6.02. The summed E-state index contributed by atoms with van der Waals surface area (Å²) in [4.78, 5) is 11.3. The molecule has 7 heteroatoms. The van der Waals surface area contributed by atoms with Gasteiger partial charge in [-0.15, -0.1) is 0 Å². The van der Waals surface area contributed by atoms with E-state index in [0.717, 1.165) is 32.1 Å². The van der Waals surface area contributed by atoms with E-state index in [-0.39, 0.29) is 22.7 Å². The van der Waals surface area contributed by atoms with Gasteiger partial charge in [0.15, 0.2) is 0 Å². The van der Waals surface area contributed by atoms with Gasteiger partial charge in [-0.25, -0.2) is 17.9 Å². The summed E-state index contributed by atoms with van der Waals surface area (Å²) in [6.07, 6.45) is 6.22. The zero-order valence-corrected chi connectivity index (χ0v) is 12.8. The third-order valence-corrected chi connectivity index (χ3v) is 5.64. The SMILES string of the molecule is CCCC1CC1NS(=O)(=O)c1cc(C(=O)O)n(C2CC2)c1. The average Bonchev–Trinajstić information content (AvgIpc) is 3.31. The third-order valence-electron chi connectivity index (χ3n) is 4.18. The molecule has 1 aromatic heterocycles. The fraction of sp³-hybridized carbons (Fsp3) is 0.643. The molecule has 2 aliphatic carbocycles. The highest BCUT2D eigenvalue weighted by molar-refractivity contribution is 7.89. The number of sulfonamides is 1. The Bertz CT molecular complexity index is 661. The number of carbonyl (C=O) groups is 1. The molecule has 1 heterocycles. The quantitative estimate of drug-likeness (QED) is 0.806. The second-order valence-corrected chi connectivity index (χ2v) is 7.73. The molecule has 0 spiro atoms. The lowest BCUT2D eigenvalue weighted by atomic mass is 10.2. The van der Waals surface area contributed by atoms with Crippen LogP contribution in [0.25, 0.3) is 0 Å². The fourth-order valence-electron chi connectivity index (χ4n) is 2.78. The van der Waals surface area contributed by atoms with Crippen LogP contribution in [0.2, 0.25) is 0 Å². The summed E-state index contributed by atoms with van der Waals surface area (Å²) in [7, 11) is -3.62. The molecule has 0 amide bonds. The maximum atomic E-state index is 12.3. The normalized spacial score (nSPS) is 25.0. The van der Waals surface area contributed by atoms with E-state index >= 15 is 0 Å². The molecule has 6 nitrogen and oxygen atoms in total. The second kappa shape index (κ2) is 5.14. The maximum Gasteiger partial charge on any atom is 0.352 e. The molecule has 0 radical (unpaired) electrons. The van der Waals surface area contributed by atoms with Crippen LogP contribution in [-0.2, 0) is 10.0 Å². The van der Waals surface area contributed by atoms with Crippen LogP contribution in [-0.4, -0.2) is 30.1 Å². The van der Waals surface area contributed by atoms with Crippen molar-refractivity contribution < 1.29 is 18.3 Å². The highest BCUT2D eigenvalue weighted by Crippen LogP contribution is 2.38. The Labute approximate surface area is 124 Å². The zero-order valence-electron chi connectivity index (χ0n) is 11.9. The Morgan fingerprint density at radius 3 is 2.76 bits per heavy atom. The molecule has 0 aliphatic heterocycles. The van der Waals surface area contributed by atoms with Gasteiger partial charge in [-0.05, 0) is 37.7 Å². The minimum absolute atomic E-state index is 0.00695. The monoisotopic (exact) mass is 312 g/mol. The van der Waals surface area contributed by atoms with Crippen molar-refractivity contribution in [1.29, 1.82) is 0 Å². The summed E-state index contributed by atoms with van der Waals surface area (Å²) in [5, 5.41) is 9.19. The van der Waals surface area contributed by atoms with Crippen molar-refractivity contribution >= 4 is 16.0 Å². The van der Waals surface area contributed by atoms with Crippen LogP contribution < -0.4 is 4.72 Å². The number of nitrogens with zero attached hydrogens (tertiary/aromatic N) is 1. The van der Waals surface area contributed by atoms with Crippen molar-refractivity contribution in [2.24, 2.45) is 5.92 Å². The van der Waals surface area contributed by atoms with Crippen molar-refractivity contribution in [2.75, 3.05) is 0 Å². The van der Waals surface area contributed by atoms with Gasteiger partial charge in [0.25, 0.3) is 0 Å². The van der Waals surface area contributed by atoms with E-state index in [1.807, 2.05) is 0 Å². The van der Waals surface area contributed by atoms with Crippen molar-refractivity contribution in [2.45, 2.75) is 56.0 Å². The van der Waals surface area contributed by atoms with Gasteiger partial charge in [0.1, 0.15) is 10.6 Å². The van der Waals surface area contributed by atoms with Crippen molar-refractivity contribution in [3.05, 3.63) is 18.0 Å². The van der Waals surface area contributed by atoms with Gasteiger partial charge in [-0.2, -0.15) is 0 Å². The molecule has 3 rings (SSSR count). The number of hydrogen-bond donors (Lipinski definition) is 2. The van der Waals surface area contributed by atoms with Crippen molar-refractivity contribution in [3.8, 4) is 0 Å². The molecule has 2 atom stereocenters. The van der Waals surface area contributed by atoms with E-state index < -0.39 is 16.0 Å². The molecule has 0 saturated heterocycles. The summed E-state index contributed by atoms with van der Waals surface area (Å²) in [5.41, 5.74) is 0.0544. The smallest absolute Gasteiger partial charge is 0.352 e. The van der Waals surface area contributed by atoms with Crippen LogP contribution in [0, 0.1) is 5.92 Å². The van der Waals surface area contributed by atoms with Crippen LogP contribution >= 0.6 is 0 Å². The summed E-state index contributed by atoms with van der Waals surface area (Å²) in [6.45, 7) is 2.08. The van der Waals surface area contributed by atoms with Crippen LogP contribution in [0.3, 0.4) is 0 Å². The van der Waals surface area contributed by atoms with Gasteiger partial charge in [0.2, 0.25) is 10.0 Å². The third kappa shape index (κ3) is 2.98. The van der Waals surface area contributed by atoms with E-state index in [2.05, 4.69) is 11.6 Å². The molecular weight excluding hydrogens is 292 g/mol. The van der Waals surface area contributed by atoms with Crippen LogP contribution in [0.15, 0.2) is 17.2 Å². The Morgan fingerprint density at radius 1 is 1.48 bits per heavy atom. The molecule has 2 fully saturated rings. The Morgan fingerprint density at radius 2 is 2.19 bits per heavy atom. The van der Waals surface area contributed by atoms with E-state index in [1.165, 1.54) is 12.3 Å². The average molecular weight is 312 g/mol. The van der Waals surface area contributed by atoms with E-state index in [9.17, 15) is 18.3 Å². The molecule has 21 heavy (non-hydrogen) atoms. The number of nitrogens with one attached hydrogen (secondary N) is 1. The van der Waals surface area contributed by atoms with Gasteiger partial charge >= 0.3 is 5.97 Å². The maximum absolute atomic E-state index is 12.3. The Balaban J connectivity index is 1.79. The molecule has 0 aromatic carbocycles. The Hall–Kier alpha value is -1.34. The lowest BCUT2D eigenvalue weighted by Gasteiger charge is -2.04. The predicted octanol–water partition coefficient (Wildman–Crippen LogP) is 1.99. The van der Waals surface area contributed by atoms with E-state index in [1.54, 1.807) is 4.57 Å². The van der Waals surface area contributed by atoms with Gasteiger partial charge in [-0.1, -0.05) is 13.3 Å².